The Morgan fingerprint density at radius 1 is 1.27 bits per heavy atom. The molecule has 0 amide bonds. The molecule has 0 radical (unpaired) electrons. The summed E-state index contributed by atoms with van der Waals surface area (Å²) in [4.78, 5) is 0. The summed E-state index contributed by atoms with van der Waals surface area (Å²) in [5, 5.41) is 6.89. The minimum atomic E-state index is 0.597. The van der Waals surface area contributed by atoms with Crippen LogP contribution in [0.3, 0.4) is 0 Å². The second-order valence-corrected chi connectivity index (χ2v) is 3.55. The molecule has 2 unspecified atom stereocenters. The van der Waals surface area contributed by atoms with Gasteiger partial charge in [0.25, 0.3) is 0 Å². The van der Waals surface area contributed by atoms with Crippen molar-refractivity contribution in [3.63, 3.8) is 0 Å². The molecule has 2 bridgehead atoms. The molecule has 2 aliphatic heterocycles. The Kier molecular flexibility index (Phi) is 2.11. The third-order valence-electron chi connectivity index (χ3n) is 2.66. The molecule has 0 aromatic carbocycles. The number of morpholine rings is 1. The van der Waals surface area contributed by atoms with Gasteiger partial charge in [0.15, 0.2) is 0 Å². The Labute approximate surface area is 67.5 Å². The van der Waals surface area contributed by atoms with Crippen LogP contribution in [0, 0.1) is 0 Å². The van der Waals surface area contributed by atoms with Crippen LogP contribution in [0.1, 0.15) is 12.8 Å². The van der Waals surface area contributed by atoms with Gasteiger partial charge in [-0.3, -0.25) is 0 Å². The van der Waals surface area contributed by atoms with Gasteiger partial charge in [-0.1, -0.05) is 0 Å². The molecule has 11 heavy (non-hydrogen) atoms. The maximum Gasteiger partial charge on any atom is 0.0621 e. The van der Waals surface area contributed by atoms with Crippen LogP contribution in [0.4, 0.5) is 0 Å². The van der Waals surface area contributed by atoms with Crippen molar-refractivity contribution in [3.05, 3.63) is 0 Å². The minimum absolute atomic E-state index is 0.597. The lowest BCUT2D eigenvalue weighted by Crippen LogP contribution is -2.57. The predicted molar refractivity (Wildman–Crippen MR) is 43.6 cm³/mol. The molecular weight excluding hydrogens is 140 g/mol. The SMILES string of the molecule is CNC1CC2COCC(C1)N2. The largest absolute Gasteiger partial charge is 0.378 e. The van der Waals surface area contributed by atoms with E-state index in [-0.39, 0.29) is 0 Å². The molecule has 2 saturated heterocycles. The molecule has 3 nitrogen and oxygen atoms in total. The first kappa shape index (κ1) is 7.53. The van der Waals surface area contributed by atoms with E-state index < -0.39 is 0 Å². The van der Waals surface area contributed by atoms with Crippen LogP contribution in [0.2, 0.25) is 0 Å². The Hall–Kier alpha value is -0.120. The van der Waals surface area contributed by atoms with Crippen molar-refractivity contribution in [3.8, 4) is 0 Å². The number of rotatable bonds is 1. The Morgan fingerprint density at radius 2 is 1.91 bits per heavy atom. The summed E-state index contributed by atoms with van der Waals surface area (Å²) in [5.74, 6) is 0. The van der Waals surface area contributed by atoms with Gasteiger partial charge in [-0.2, -0.15) is 0 Å². The monoisotopic (exact) mass is 156 g/mol. The summed E-state index contributed by atoms with van der Waals surface area (Å²) < 4.78 is 5.44. The van der Waals surface area contributed by atoms with Gasteiger partial charge >= 0.3 is 0 Å². The van der Waals surface area contributed by atoms with Crippen LogP contribution in [0.15, 0.2) is 0 Å². The van der Waals surface area contributed by atoms with Crippen LogP contribution >= 0.6 is 0 Å². The summed E-state index contributed by atoms with van der Waals surface area (Å²) >= 11 is 0. The first-order valence-electron chi connectivity index (χ1n) is 4.39. The molecule has 2 heterocycles. The quantitative estimate of drug-likeness (QED) is 0.548. The van der Waals surface area contributed by atoms with Crippen LogP contribution in [0.5, 0.6) is 0 Å². The average Bonchev–Trinajstić information content (AvgIpc) is 2.03. The summed E-state index contributed by atoms with van der Waals surface area (Å²) in [7, 11) is 2.05. The zero-order valence-electron chi connectivity index (χ0n) is 6.97. The number of hydrogen-bond acceptors (Lipinski definition) is 3. The Balaban J connectivity index is 1.94. The van der Waals surface area contributed by atoms with Crippen molar-refractivity contribution in [2.75, 3.05) is 20.3 Å². The van der Waals surface area contributed by atoms with Gasteiger partial charge in [0.05, 0.1) is 13.2 Å². The van der Waals surface area contributed by atoms with Crippen LogP contribution in [-0.2, 0) is 4.74 Å². The molecular formula is C8H16N2O. The number of ether oxygens (including phenoxy) is 1. The van der Waals surface area contributed by atoms with E-state index in [1.165, 1.54) is 12.8 Å². The van der Waals surface area contributed by atoms with Crippen molar-refractivity contribution in [1.82, 2.24) is 10.6 Å². The highest BCUT2D eigenvalue weighted by molar-refractivity contribution is 4.90. The Morgan fingerprint density at radius 3 is 2.45 bits per heavy atom. The van der Waals surface area contributed by atoms with Crippen molar-refractivity contribution >= 4 is 0 Å². The fourth-order valence-electron chi connectivity index (χ4n) is 2.07. The molecule has 0 aliphatic carbocycles. The zero-order valence-corrected chi connectivity index (χ0v) is 6.97. The molecule has 2 aliphatic rings. The molecule has 0 spiro atoms. The first-order chi connectivity index (χ1) is 5.38. The van der Waals surface area contributed by atoms with Crippen LogP contribution in [0.25, 0.3) is 0 Å². The lowest BCUT2D eigenvalue weighted by atomic mass is 9.93. The third kappa shape index (κ3) is 1.55. The van der Waals surface area contributed by atoms with E-state index in [4.69, 9.17) is 4.74 Å². The predicted octanol–water partition coefficient (Wildman–Crippen LogP) is -0.275. The second-order valence-electron chi connectivity index (χ2n) is 3.55. The molecule has 0 aromatic heterocycles. The highest BCUT2D eigenvalue weighted by Crippen LogP contribution is 2.17. The van der Waals surface area contributed by atoms with E-state index in [2.05, 4.69) is 10.6 Å². The summed E-state index contributed by atoms with van der Waals surface area (Å²) in [6.45, 7) is 1.80. The number of hydrogen-bond donors (Lipinski definition) is 2. The summed E-state index contributed by atoms with van der Waals surface area (Å²) in [5.41, 5.74) is 0. The summed E-state index contributed by atoms with van der Waals surface area (Å²) in [6, 6.07) is 1.90. The topological polar surface area (TPSA) is 33.3 Å². The highest BCUT2D eigenvalue weighted by Gasteiger charge is 2.30. The standard InChI is InChI=1S/C8H16N2O/c1-9-6-2-7-4-11-5-8(3-6)10-7/h6-10H,2-5H2,1H3. The normalized spacial score (nSPS) is 43.9. The van der Waals surface area contributed by atoms with Gasteiger partial charge < -0.3 is 15.4 Å². The third-order valence-corrected chi connectivity index (χ3v) is 2.66. The average molecular weight is 156 g/mol. The lowest BCUT2D eigenvalue weighted by molar-refractivity contribution is 0.0156. The van der Waals surface area contributed by atoms with Gasteiger partial charge in [-0.05, 0) is 19.9 Å². The second kappa shape index (κ2) is 3.09. The van der Waals surface area contributed by atoms with E-state index in [1.54, 1.807) is 0 Å². The van der Waals surface area contributed by atoms with Gasteiger partial charge in [-0.25, -0.2) is 0 Å². The smallest absolute Gasteiger partial charge is 0.0621 e. The number of nitrogens with one attached hydrogen (secondary N) is 2. The fraction of sp³-hybridized carbons (Fsp3) is 1.00. The number of piperidine rings is 1. The molecule has 0 saturated carbocycles. The fourth-order valence-corrected chi connectivity index (χ4v) is 2.07. The lowest BCUT2D eigenvalue weighted by Gasteiger charge is -2.39. The maximum absolute atomic E-state index is 5.44. The van der Waals surface area contributed by atoms with E-state index in [0.717, 1.165) is 13.2 Å². The van der Waals surface area contributed by atoms with E-state index in [9.17, 15) is 0 Å². The van der Waals surface area contributed by atoms with Gasteiger partial charge in [0, 0.05) is 18.1 Å². The van der Waals surface area contributed by atoms with Crippen LogP contribution in [-0.4, -0.2) is 38.4 Å². The molecule has 2 N–H and O–H groups in total. The van der Waals surface area contributed by atoms with E-state index in [0.29, 0.717) is 18.1 Å². The van der Waals surface area contributed by atoms with E-state index in [1.807, 2.05) is 7.05 Å². The molecule has 2 fully saturated rings. The summed E-state index contributed by atoms with van der Waals surface area (Å²) in [6.07, 6.45) is 2.43. The van der Waals surface area contributed by atoms with Gasteiger partial charge in [-0.15, -0.1) is 0 Å². The van der Waals surface area contributed by atoms with Crippen molar-refractivity contribution in [2.24, 2.45) is 0 Å². The zero-order chi connectivity index (χ0) is 7.68. The van der Waals surface area contributed by atoms with Gasteiger partial charge in [0.2, 0.25) is 0 Å². The van der Waals surface area contributed by atoms with Gasteiger partial charge in [0.1, 0.15) is 0 Å². The highest BCUT2D eigenvalue weighted by atomic mass is 16.5. The first-order valence-corrected chi connectivity index (χ1v) is 4.39. The molecule has 3 heteroatoms. The molecule has 0 aromatic rings. The van der Waals surface area contributed by atoms with Crippen molar-refractivity contribution < 1.29 is 4.74 Å². The Bertz CT molecular complexity index is 128. The minimum Gasteiger partial charge on any atom is -0.378 e. The molecule has 2 rings (SSSR count). The van der Waals surface area contributed by atoms with Crippen molar-refractivity contribution in [2.45, 2.75) is 31.0 Å². The van der Waals surface area contributed by atoms with E-state index >= 15 is 0 Å². The van der Waals surface area contributed by atoms with Crippen molar-refractivity contribution in [1.29, 1.82) is 0 Å². The number of fused-ring (bicyclic) bond motifs is 2. The maximum atomic E-state index is 5.44. The molecule has 2 atom stereocenters. The van der Waals surface area contributed by atoms with Crippen LogP contribution < -0.4 is 10.6 Å². The molecule has 64 valence electrons.